The molecule has 0 aliphatic heterocycles. The first kappa shape index (κ1) is 14.7. The van der Waals surface area contributed by atoms with E-state index >= 15 is 0 Å². The summed E-state index contributed by atoms with van der Waals surface area (Å²) in [6, 6.07) is 3.88. The number of hydrogen-bond acceptors (Lipinski definition) is 6. The third-order valence-electron chi connectivity index (χ3n) is 3.71. The first-order valence-electron chi connectivity index (χ1n) is 6.71. The first-order valence-corrected chi connectivity index (χ1v) is 6.71. The van der Waals surface area contributed by atoms with Crippen molar-refractivity contribution in [3.63, 3.8) is 0 Å². The SMILES string of the molecule is N#Cc1cc2c(nc1NC(CO)(CO)CO)CCCC2. The number of nitriles is 1. The second kappa shape index (κ2) is 6.18. The van der Waals surface area contributed by atoms with Crippen LogP contribution in [0.4, 0.5) is 5.82 Å². The molecule has 0 spiro atoms. The minimum absolute atomic E-state index is 0.310. The fourth-order valence-electron chi connectivity index (χ4n) is 2.33. The monoisotopic (exact) mass is 277 g/mol. The highest BCUT2D eigenvalue weighted by Crippen LogP contribution is 2.26. The van der Waals surface area contributed by atoms with Gasteiger partial charge in [0.25, 0.3) is 0 Å². The van der Waals surface area contributed by atoms with E-state index in [1.54, 1.807) is 6.07 Å². The van der Waals surface area contributed by atoms with Gasteiger partial charge in [0.2, 0.25) is 0 Å². The van der Waals surface area contributed by atoms with Gasteiger partial charge < -0.3 is 20.6 Å². The molecule has 1 aromatic heterocycles. The summed E-state index contributed by atoms with van der Waals surface area (Å²) in [5.74, 6) is 0.310. The number of nitrogens with zero attached hydrogens (tertiary/aromatic N) is 2. The number of anilines is 1. The Morgan fingerprint density at radius 1 is 1.20 bits per heavy atom. The van der Waals surface area contributed by atoms with E-state index < -0.39 is 25.4 Å². The zero-order chi connectivity index (χ0) is 14.6. The van der Waals surface area contributed by atoms with E-state index in [-0.39, 0.29) is 0 Å². The fraction of sp³-hybridized carbons (Fsp3) is 0.571. The smallest absolute Gasteiger partial charge is 0.144 e. The van der Waals surface area contributed by atoms with Gasteiger partial charge in [0.15, 0.2) is 0 Å². The maximum Gasteiger partial charge on any atom is 0.144 e. The zero-order valence-corrected chi connectivity index (χ0v) is 11.3. The van der Waals surface area contributed by atoms with Crippen molar-refractivity contribution in [2.24, 2.45) is 0 Å². The van der Waals surface area contributed by atoms with Crippen LogP contribution in [-0.4, -0.2) is 45.7 Å². The molecular formula is C14H19N3O3. The highest BCUT2D eigenvalue weighted by molar-refractivity contribution is 5.56. The van der Waals surface area contributed by atoms with Crippen LogP contribution in [0.5, 0.6) is 0 Å². The minimum atomic E-state index is -1.28. The lowest BCUT2D eigenvalue weighted by molar-refractivity contribution is 0.0830. The molecule has 1 aliphatic carbocycles. The van der Waals surface area contributed by atoms with Crippen LogP contribution in [0, 0.1) is 11.3 Å². The van der Waals surface area contributed by atoms with E-state index in [1.807, 2.05) is 0 Å². The summed E-state index contributed by atoms with van der Waals surface area (Å²) in [5.41, 5.74) is 1.12. The normalized spacial score (nSPS) is 14.5. The molecule has 1 aliphatic rings. The highest BCUT2D eigenvalue weighted by Gasteiger charge is 2.29. The summed E-state index contributed by atoms with van der Waals surface area (Å²) in [4.78, 5) is 4.45. The van der Waals surface area contributed by atoms with Crippen LogP contribution in [0.15, 0.2) is 6.07 Å². The van der Waals surface area contributed by atoms with Crippen LogP contribution in [0.2, 0.25) is 0 Å². The van der Waals surface area contributed by atoms with Crippen LogP contribution in [0.1, 0.15) is 29.7 Å². The zero-order valence-electron chi connectivity index (χ0n) is 11.3. The van der Waals surface area contributed by atoms with Crippen LogP contribution in [0.3, 0.4) is 0 Å². The number of aryl methyl sites for hydroxylation is 2. The Morgan fingerprint density at radius 3 is 2.45 bits per heavy atom. The molecule has 4 N–H and O–H groups in total. The van der Waals surface area contributed by atoms with Crippen molar-refractivity contribution < 1.29 is 15.3 Å². The number of rotatable bonds is 5. The van der Waals surface area contributed by atoms with Crippen LogP contribution >= 0.6 is 0 Å². The van der Waals surface area contributed by atoms with Crippen molar-refractivity contribution in [3.8, 4) is 6.07 Å². The third kappa shape index (κ3) is 2.75. The van der Waals surface area contributed by atoms with E-state index in [2.05, 4.69) is 16.4 Å². The second-order valence-electron chi connectivity index (χ2n) is 5.19. The van der Waals surface area contributed by atoms with E-state index in [9.17, 15) is 20.6 Å². The summed E-state index contributed by atoms with van der Waals surface area (Å²) < 4.78 is 0. The standard InChI is InChI=1S/C14H19N3O3/c15-6-11-5-10-3-1-2-4-12(10)16-13(11)17-14(7-18,8-19)9-20/h5,18-20H,1-4,7-9H2,(H,16,17). The van der Waals surface area contributed by atoms with Gasteiger partial charge in [-0.1, -0.05) is 0 Å². The lowest BCUT2D eigenvalue weighted by Crippen LogP contribution is -2.49. The third-order valence-corrected chi connectivity index (χ3v) is 3.71. The molecule has 0 aromatic carbocycles. The van der Waals surface area contributed by atoms with Gasteiger partial charge in [0.1, 0.15) is 17.4 Å². The van der Waals surface area contributed by atoms with E-state index in [0.29, 0.717) is 11.4 Å². The summed E-state index contributed by atoms with van der Waals surface area (Å²) >= 11 is 0. The Morgan fingerprint density at radius 2 is 1.85 bits per heavy atom. The molecule has 0 radical (unpaired) electrons. The average Bonchev–Trinajstić information content (AvgIpc) is 2.52. The molecule has 0 saturated heterocycles. The van der Waals surface area contributed by atoms with Crippen molar-refractivity contribution in [2.45, 2.75) is 31.2 Å². The van der Waals surface area contributed by atoms with Crippen molar-refractivity contribution in [1.29, 1.82) is 5.26 Å². The number of aliphatic hydroxyl groups excluding tert-OH is 3. The van der Waals surface area contributed by atoms with Gasteiger partial charge >= 0.3 is 0 Å². The van der Waals surface area contributed by atoms with Crippen LogP contribution in [0.25, 0.3) is 0 Å². The van der Waals surface area contributed by atoms with E-state index in [0.717, 1.165) is 36.9 Å². The number of aliphatic hydroxyl groups is 3. The number of fused-ring (bicyclic) bond motifs is 1. The van der Waals surface area contributed by atoms with Crippen LogP contribution < -0.4 is 5.32 Å². The van der Waals surface area contributed by atoms with E-state index in [4.69, 9.17) is 0 Å². The Balaban J connectivity index is 2.38. The number of hydrogen-bond donors (Lipinski definition) is 4. The maximum absolute atomic E-state index is 9.35. The predicted molar refractivity (Wildman–Crippen MR) is 73.2 cm³/mol. The van der Waals surface area contributed by atoms with Gasteiger partial charge in [-0.2, -0.15) is 5.26 Å². The molecule has 20 heavy (non-hydrogen) atoms. The van der Waals surface area contributed by atoms with Crippen molar-refractivity contribution in [3.05, 3.63) is 22.9 Å². The molecule has 2 rings (SSSR count). The molecule has 0 fully saturated rings. The van der Waals surface area contributed by atoms with Gasteiger partial charge in [-0.05, 0) is 37.3 Å². The maximum atomic E-state index is 9.35. The Hall–Kier alpha value is -1.68. The first-order chi connectivity index (χ1) is 9.68. The van der Waals surface area contributed by atoms with Crippen molar-refractivity contribution in [1.82, 2.24) is 4.98 Å². The fourth-order valence-corrected chi connectivity index (χ4v) is 2.33. The lowest BCUT2D eigenvalue weighted by Gasteiger charge is -2.30. The Kier molecular flexibility index (Phi) is 4.55. The molecule has 0 amide bonds. The molecule has 108 valence electrons. The number of nitrogens with one attached hydrogen (secondary N) is 1. The topological polar surface area (TPSA) is 109 Å². The van der Waals surface area contributed by atoms with Gasteiger partial charge in [-0.25, -0.2) is 4.98 Å². The summed E-state index contributed by atoms with van der Waals surface area (Å²) in [6.45, 7) is -1.36. The quantitative estimate of drug-likeness (QED) is 0.601. The summed E-state index contributed by atoms with van der Waals surface area (Å²) in [5, 5.41) is 40.1. The molecule has 6 heteroatoms. The Labute approximate surface area is 117 Å². The van der Waals surface area contributed by atoms with Crippen molar-refractivity contribution >= 4 is 5.82 Å². The largest absolute Gasteiger partial charge is 0.394 e. The molecule has 1 aromatic rings. The second-order valence-corrected chi connectivity index (χ2v) is 5.19. The van der Waals surface area contributed by atoms with Gasteiger partial charge in [-0.15, -0.1) is 0 Å². The number of aromatic nitrogens is 1. The predicted octanol–water partition coefficient (Wildman–Crippen LogP) is -0.0403. The highest BCUT2D eigenvalue weighted by atomic mass is 16.3. The molecular weight excluding hydrogens is 258 g/mol. The summed E-state index contributed by atoms with van der Waals surface area (Å²) in [6.07, 6.45) is 3.94. The van der Waals surface area contributed by atoms with Crippen molar-refractivity contribution in [2.75, 3.05) is 25.1 Å². The lowest BCUT2D eigenvalue weighted by atomic mass is 9.94. The van der Waals surface area contributed by atoms with Gasteiger partial charge in [-0.3, -0.25) is 0 Å². The minimum Gasteiger partial charge on any atom is -0.394 e. The molecule has 0 bridgehead atoms. The van der Waals surface area contributed by atoms with Gasteiger partial charge in [0.05, 0.1) is 25.4 Å². The molecule has 0 saturated carbocycles. The number of pyridine rings is 1. The average molecular weight is 277 g/mol. The summed E-state index contributed by atoms with van der Waals surface area (Å²) in [7, 11) is 0. The molecule has 6 nitrogen and oxygen atoms in total. The Bertz CT molecular complexity index is 513. The van der Waals surface area contributed by atoms with Gasteiger partial charge in [0, 0.05) is 5.69 Å². The molecule has 0 unspecified atom stereocenters. The molecule has 1 heterocycles. The van der Waals surface area contributed by atoms with E-state index in [1.165, 1.54) is 0 Å². The van der Waals surface area contributed by atoms with Crippen LogP contribution in [-0.2, 0) is 12.8 Å². The molecule has 0 atom stereocenters.